The number of hydrogen-bond acceptors (Lipinski definition) is 6. The van der Waals surface area contributed by atoms with E-state index in [4.69, 9.17) is 0 Å². The van der Waals surface area contributed by atoms with E-state index in [1.54, 1.807) is 13.1 Å². The van der Waals surface area contributed by atoms with Crippen molar-refractivity contribution >= 4 is 11.8 Å². The number of aliphatic hydroxyl groups is 2. The number of nitrogens with one attached hydrogen (secondary N) is 1. The second-order valence-corrected chi connectivity index (χ2v) is 7.29. The smallest absolute Gasteiger partial charge is 0.224 e. The van der Waals surface area contributed by atoms with Crippen LogP contribution in [-0.2, 0) is 13.0 Å². The normalized spacial score (nSPS) is 16.3. The van der Waals surface area contributed by atoms with E-state index >= 15 is 0 Å². The van der Waals surface area contributed by atoms with Gasteiger partial charge < -0.3 is 20.4 Å². The van der Waals surface area contributed by atoms with E-state index in [1.807, 2.05) is 12.1 Å². The molecule has 0 fully saturated rings. The fourth-order valence-electron chi connectivity index (χ4n) is 3.21. The average molecular weight is 356 g/mol. The number of anilines is 2. The van der Waals surface area contributed by atoms with Gasteiger partial charge in [-0.05, 0) is 42.0 Å². The van der Waals surface area contributed by atoms with Gasteiger partial charge in [0.05, 0.1) is 18.8 Å². The van der Waals surface area contributed by atoms with Crippen LogP contribution in [0.25, 0.3) is 0 Å². The van der Waals surface area contributed by atoms with E-state index in [-0.39, 0.29) is 18.6 Å². The molecular formula is C20H28N4O2. The molecule has 0 saturated heterocycles. The van der Waals surface area contributed by atoms with Crippen LogP contribution in [0.2, 0.25) is 0 Å². The molecule has 6 nitrogen and oxygen atoms in total. The van der Waals surface area contributed by atoms with Crippen LogP contribution in [0.1, 0.15) is 43.6 Å². The number of aromatic nitrogens is 2. The minimum absolute atomic E-state index is 0.0496. The van der Waals surface area contributed by atoms with E-state index in [1.165, 1.54) is 11.1 Å². The van der Waals surface area contributed by atoms with Crippen LogP contribution in [0.15, 0.2) is 30.5 Å². The van der Waals surface area contributed by atoms with Gasteiger partial charge in [-0.1, -0.05) is 32.0 Å². The Kier molecular flexibility index (Phi) is 5.74. The van der Waals surface area contributed by atoms with Crippen LogP contribution >= 0.6 is 0 Å². The quantitative estimate of drug-likeness (QED) is 0.738. The van der Waals surface area contributed by atoms with Crippen LogP contribution in [0.3, 0.4) is 0 Å². The second-order valence-electron chi connectivity index (χ2n) is 7.29. The first-order chi connectivity index (χ1) is 12.5. The Hall–Kier alpha value is -2.18. The number of benzene rings is 1. The summed E-state index contributed by atoms with van der Waals surface area (Å²) in [5, 5.41) is 22.5. The molecule has 0 saturated carbocycles. The Bertz CT molecular complexity index is 748. The number of nitrogens with zero attached hydrogens (tertiary/aromatic N) is 3. The van der Waals surface area contributed by atoms with Crippen molar-refractivity contribution in [2.24, 2.45) is 5.92 Å². The zero-order valence-electron chi connectivity index (χ0n) is 15.7. The fraction of sp³-hybridized carbons (Fsp3) is 0.500. The highest BCUT2D eigenvalue weighted by atomic mass is 16.3. The second kappa shape index (κ2) is 8.01. The maximum absolute atomic E-state index is 9.76. The molecular weight excluding hydrogens is 328 g/mol. The molecule has 2 atom stereocenters. The van der Waals surface area contributed by atoms with Gasteiger partial charge in [-0.25, -0.2) is 4.98 Å². The lowest BCUT2D eigenvalue weighted by atomic mass is 9.96. The summed E-state index contributed by atoms with van der Waals surface area (Å²) in [5.74, 6) is 1.72. The standard InChI is InChI=1S/C20H28N4O2/c1-13(2)18(12-25)22-20-21-8-6-19(23-20)24-9-7-16-10-15(14(3)26)4-5-17(16)11-24/h4-6,8,10,13-14,18,25-26H,7,9,11-12H2,1-3H3,(H,21,22,23)/t14-,18-/m1/s1. The number of rotatable bonds is 6. The summed E-state index contributed by atoms with van der Waals surface area (Å²) in [6.45, 7) is 7.62. The highest BCUT2D eigenvalue weighted by Gasteiger charge is 2.20. The van der Waals surface area contributed by atoms with Gasteiger partial charge >= 0.3 is 0 Å². The van der Waals surface area contributed by atoms with Crippen molar-refractivity contribution in [2.45, 2.75) is 45.9 Å². The number of fused-ring (bicyclic) bond motifs is 1. The zero-order valence-corrected chi connectivity index (χ0v) is 15.7. The van der Waals surface area contributed by atoms with Crippen LogP contribution in [-0.4, -0.2) is 39.4 Å². The van der Waals surface area contributed by atoms with Gasteiger partial charge in [0, 0.05) is 19.3 Å². The monoisotopic (exact) mass is 356 g/mol. The Labute approximate surface area is 154 Å². The van der Waals surface area contributed by atoms with Crippen molar-refractivity contribution in [3.8, 4) is 0 Å². The lowest BCUT2D eigenvalue weighted by Gasteiger charge is -2.30. The zero-order chi connectivity index (χ0) is 18.7. The molecule has 0 spiro atoms. The molecule has 0 bridgehead atoms. The predicted octanol–water partition coefficient (Wildman–Crippen LogP) is 2.52. The lowest BCUT2D eigenvalue weighted by Crippen LogP contribution is -2.33. The number of hydrogen-bond donors (Lipinski definition) is 3. The topological polar surface area (TPSA) is 81.5 Å². The van der Waals surface area contributed by atoms with Gasteiger partial charge in [0.2, 0.25) is 5.95 Å². The molecule has 3 rings (SSSR count). The van der Waals surface area contributed by atoms with Gasteiger partial charge in [-0.2, -0.15) is 4.98 Å². The molecule has 1 aromatic carbocycles. The fourth-order valence-corrected chi connectivity index (χ4v) is 3.21. The summed E-state index contributed by atoms with van der Waals surface area (Å²) < 4.78 is 0. The summed E-state index contributed by atoms with van der Waals surface area (Å²) in [6.07, 6.45) is 2.24. The Morgan fingerprint density at radius 2 is 2.00 bits per heavy atom. The summed E-state index contributed by atoms with van der Waals surface area (Å²) >= 11 is 0. The molecule has 1 aliphatic heterocycles. The third-order valence-electron chi connectivity index (χ3n) is 5.01. The summed E-state index contributed by atoms with van der Waals surface area (Å²) in [7, 11) is 0. The summed E-state index contributed by atoms with van der Waals surface area (Å²) in [4.78, 5) is 11.2. The van der Waals surface area contributed by atoms with Gasteiger partial charge in [0.15, 0.2) is 0 Å². The average Bonchev–Trinajstić information content (AvgIpc) is 2.65. The minimum Gasteiger partial charge on any atom is -0.394 e. The molecule has 26 heavy (non-hydrogen) atoms. The highest BCUT2D eigenvalue weighted by Crippen LogP contribution is 2.26. The van der Waals surface area contributed by atoms with Crippen LogP contribution in [0.5, 0.6) is 0 Å². The SMILES string of the molecule is CC(C)[C@@H](CO)Nc1nccc(N2CCc3cc([C@@H](C)O)ccc3C2)n1. The van der Waals surface area contributed by atoms with Crippen molar-refractivity contribution in [1.82, 2.24) is 9.97 Å². The molecule has 2 heterocycles. The van der Waals surface area contributed by atoms with Crippen LogP contribution < -0.4 is 10.2 Å². The third kappa shape index (κ3) is 4.14. The van der Waals surface area contributed by atoms with E-state index in [9.17, 15) is 10.2 Å². The van der Waals surface area contributed by atoms with E-state index in [2.05, 4.69) is 46.2 Å². The highest BCUT2D eigenvalue weighted by molar-refractivity contribution is 5.47. The summed E-state index contributed by atoms with van der Waals surface area (Å²) in [6, 6.07) is 8.06. The van der Waals surface area contributed by atoms with Gasteiger partial charge in [-0.3, -0.25) is 0 Å². The third-order valence-corrected chi connectivity index (χ3v) is 5.01. The molecule has 3 N–H and O–H groups in total. The molecule has 1 aromatic heterocycles. The predicted molar refractivity (Wildman–Crippen MR) is 103 cm³/mol. The first kappa shape index (κ1) is 18.6. The molecule has 140 valence electrons. The van der Waals surface area contributed by atoms with Gasteiger partial charge in [0.25, 0.3) is 0 Å². The van der Waals surface area contributed by atoms with Crippen molar-refractivity contribution in [3.05, 3.63) is 47.2 Å². The Morgan fingerprint density at radius 1 is 1.19 bits per heavy atom. The molecule has 6 heteroatoms. The first-order valence-electron chi connectivity index (χ1n) is 9.23. The molecule has 0 aliphatic carbocycles. The Balaban J connectivity index is 1.75. The van der Waals surface area contributed by atoms with Gasteiger partial charge in [-0.15, -0.1) is 0 Å². The van der Waals surface area contributed by atoms with E-state index < -0.39 is 6.10 Å². The molecule has 0 amide bonds. The Morgan fingerprint density at radius 3 is 2.69 bits per heavy atom. The maximum atomic E-state index is 9.76. The molecule has 0 radical (unpaired) electrons. The van der Waals surface area contributed by atoms with Crippen LogP contribution in [0, 0.1) is 5.92 Å². The molecule has 1 aliphatic rings. The van der Waals surface area contributed by atoms with Crippen molar-refractivity contribution in [1.29, 1.82) is 0 Å². The van der Waals surface area contributed by atoms with Gasteiger partial charge in [0.1, 0.15) is 5.82 Å². The largest absolute Gasteiger partial charge is 0.394 e. The first-order valence-corrected chi connectivity index (χ1v) is 9.23. The maximum Gasteiger partial charge on any atom is 0.224 e. The lowest BCUT2D eigenvalue weighted by molar-refractivity contribution is 0.199. The number of aliphatic hydroxyl groups excluding tert-OH is 2. The summed E-state index contributed by atoms with van der Waals surface area (Å²) in [5.41, 5.74) is 3.53. The van der Waals surface area contributed by atoms with Crippen molar-refractivity contribution < 1.29 is 10.2 Å². The molecule has 0 unspecified atom stereocenters. The van der Waals surface area contributed by atoms with Crippen molar-refractivity contribution in [3.63, 3.8) is 0 Å². The van der Waals surface area contributed by atoms with Crippen molar-refractivity contribution in [2.75, 3.05) is 23.4 Å². The minimum atomic E-state index is -0.436. The van der Waals surface area contributed by atoms with E-state index in [0.29, 0.717) is 5.95 Å². The van der Waals surface area contributed by atoms with Crippen LogP contribution in [0.4, 0.5) is 11.8 Å². The molecule has 2 aromatic rings. The van der Waals surface area contributed by atoms with E-state index in [0.717, 1.165) is 30.9 Å².